The van der Waals surface area contributed by atoms with Crippen LogP contribution in [0.3, 0.4) is 0 Å². The number of ether oxygens (including phenoxy) is 1. The molecule has 0 aromatic heterocycles. The first-order chi connectivity index (χ1) is 19.0. The summed E-state index contributed by atoms with van der Waals surface area (Å²) in [6.07, 6.45) is 0.748. The number of methoxy groups -OCH3 is 1. The molecule has 0 aliphatic carbocycles. The number of nitrogens with zero attached hydrogens (tertiary/aromatic N) is 2. The van der Waals surface area contributed by atoms with Crippen molar-refractivity contribution in [3.8, 4) is 5.75 Å². The first-order valence-electron chi connectivity index (χ1n) is 13.3. The van der Waals surface area contributed by atoms with Gasteiger partial charge in [0, 0.05) is 13.1 Å². The zero-order chi connectivity index (χ0) is 29.4. The lowest BCUT2D eigenvalue weighted by atomic mass is 10.1. The van der Waals surface area contributed by atoms with Gasteiger partial charge in [-0.15, -0.1) is 0 Å². The Morgan fingerprint density at radius 2 is 1.57 bits per heavy atom. The van der Waals surface area contributed by atoms with E-state index in [2.05, 4.69) is 5.32 Å². The summed E-state index contributed by atoms with van der Waals surface area (Å²) in [6.45, 7) is 9.33. The van der Waals surface area contributed by atoms with E-state index in [4.69, 9.17) is 4.74 Å². The first-order valence-corrected chi connectivity index (χ1v) is 14.8. The highest BCUT2D eigenvalue weighted by molar-refractivity contribution is 7.92. The molecular weight excluding hydrogens is 526 g/mol. The topological polar surface area (TPSA) is 96.0 Å². The molecule has 0 aliphatic rings. The van der Waals surface area contributed by atoms with Crippen molar-refractivity contribution < 1.29 is 22.7 Å². The SMILES string of the molecule is CCCNC(=O)[C@H](C)N(Cc1cccc(OC)c1)C(=O)CN(c1cc(C)cc(C)c1)S(=O)(=O)c1ccc(C)cc1. The number of carbonyl (C=O) groups is 2. The number of hydrogen-bond donors (Lipinski definition) is 1. The highest BCUT2D eigenvalue weighted by Gasteiger charge is 2.32. The van der Waals surface area contributed by atoms with Crippen molar-refractivity contribution in [2.75, 3.05) is 24.5 Å². The van der Waals surface area contributed by atoms with Gasteiger partial charge in [-0.2, -0.15) is 0 Å². The molecule has 40 heavy (non-hydrogen) atoms. The van der Waals surface area contributed by atoms with Crippen LogP contribution in [0.1, 0.15) is 42.5 Å². The molecule has 9 heteroatoms. The predicted octanol–water partition coefficient (Wildman–Crippen LogP) is 4.76. The van der Waals surface area contributed by atoms with Gasteiger partial charge >= 0.3 is 0 Å². The molecule has 0 spiro atoms. The Kier molecular flexibility index (Phi) is 10.3. The van der Waals surface area contributed by atoms with Crippen molar-refractivity contribution in [3.05, 3.63) is 89.0 Å². The maximum atomic E-state index is 14.0. The molecule has 0 saturated carbocycles. The van der Waals surface area contributed by atoms with E-state index in [1.165, 1.54) is 4.90 Å². The van der Waals surface area contributed by atoms with Crippen LogP contribution < -0.4 is 14.4 Å². The Morgan fingerprint density at radius 1 is 0.925 bits per heavy atom. The molecule has 0 fully saturated rings. The van der Waals surface area contributed by atoms with Crippen LogP contribution in [0.15, 0.2) is 71.6 Å². The molecule has 3 aromatic rings. The molecule has 0 saturated heterocycles. The van der Waals surface area contributed by atoms with Crippen LogP contribution in [0.25, 0.3) is 0 Å². The minimum absolute atomic E-state index is 0.0816. The lowest BCUT2D eigenvalue weighted by Crippen LogP contribution is -2.51. The number of carbonyl (C=O) groups excluding carboxylic acids is 2. The molecule has 0 aliphatic heterocycles. The third-order valence-electron chi connectivity index (χ3n) is 6.59. The fraction of sp³-hybridized carbons (Fsp3) is 0.355. The van der Waals surface area contributed by atoms with Crippen LogP contribution in [-0.2, 0) is 26.2 Å². The third-order valence-corrected chi connectivity index (χ3v) is 8.37. The van der Waals surface area contributed by atoms with Gasteiger partial charge in [0.15, 0.2) is 0 Å². The number of rotatable bonds is 12. The lowest BCUT2D eigenvalue weighted by molar-refractivity contribution is -0.139. The zero-order valence-electron chi connectivity index (χ0n) is 24.1. The molecule has 0 bridgehead atoms. The second kappa shape index (κ2) is 13.5. The number of sulfonamides is 1. The molecule has 0 heterocycles. The Labute approximate surface area is 238 Å². The lowest BCUT2D eigenvalue weighted by Gasteiger charge is -2.32. The monoisotopic (exact) mass is 565 g/mol. The van der Waals surface area contributed by atoms with Gasteiger partial charge in [-0.25, -0.2) is 8.42 Å². The molecular formula is C31H39N3O5S. The van der Waals surface area contributed by atoms with E-state index >= 15 is 0 Å². The molecule has 0 radical (unpaired) electrons. The highest BCUT2D eigenvalue weighted by Crippen LogP contribution is 2.27. The normalized spacial score (nSPS) is 11.9. The van der Waals surface area contributed by atoms with Crippen LogP contribution in [0, 0.1) is 20.8 Å². The fourth-order valence-corrected chi connectivity index (χ4v) is 5.80. The van der Waals surface area contributed by atoms with Crippen LogP contribution >= 0.6 is 0 Å². The van der Waals surface area contributed by atoms with Gasteiger partial charge in [0.2, 0.25) is 11.8 Å². The average Bonchev–Trinajstić information content (AvgIpc) is 2.92. The van der Waals surface area contributed by atoms with Crippen molar-refractivity contribution in [1.82, 2.24) is 10.2 Å². The maximum Gasteiger partial charge on any atom is 0.264 e. The number of nitrogens with one attached hydrogen (secondary N) is 1. The van der Waals surface area contributed by atoms with Crippen LogP contribution in [0.4, 0.5) is 5.69 Å². The summed E-state index contributed by atoms with van der Waals surface area (Å²) in [5, 5.41) is 2.85. The van der Waals surface area contributed by atoms with Crippen LogP contribution in [0.2, 0.25) is 0 Å². The summed E-state index contributed by atoms with van der Waals surface area (Å²) < 4.78 is 34.4. The van der Waals surface area contributed by atoms with Crippen molar-refractivity contribution in [1.29, 1.82) is 0 Å². The Hall–Kier alpha value is -3.85. The molecule has 8 nitrogen and oxygen atoms in total. The second-order valence-corrected chi connectivity index (χ2v) is 11.9. The summed E-state index contributed by atoms with van der Waals surface area (Å²) in [5.74, 6) is -0.193. The quantitative estimate of drug-likeness (QED) is 0.342. The minimum atomic E-state index is -4.11. The number of benzene rings is 3. The molecule has 1 N–H and O–H groups in total. The number of aryl methyl sites for hydroxylation is 3. The van der Waals surface area contributed by atoms with Gasteiger partial charge in [0.05, 0.1) is 17.7 Å². The van der Waals surface area contributed by atoms with Crippen LogP contribution in [0.5, 0.6) is 5.75 Å². The summed E-state index contributed by atoms with van der Waals surface area (Å²) in [6, 6.07) is 18.4. The summed E-state index contributed by atoms with van der Waals surface area (Å²) in [7, 11) is -2.56. The largest absolute Gasteiger partial charge is 0.497 e. The van der Waals surface area contributed by atoms with Crippen molar-refractivity contribution in [3.63, 3.8) is 0 Å². The summed E-state index contributed by atoms with van der Waals surface area (Å²) in [5.41, 5.74) is 3.79. The molecule has 3 aromatic carbocycles. The van der Waals surface area contributed by atoms with Gasteiger partial charge in [0.1, 0.15) is 18.3 Å². The van der Waals surface area contributed by atoms with E-state index in [-0.39, 0.29) is 17.3 Å². The van der Waals surface area contributed by atoms with Crippen molar-refractivity contribution in [2.45, 2.75) is 58.5 Å². The molecule has 0 unspecified atom stereocenters. The zero-order valence-corrected chi connectivity index (χ0v) is 24.9. The number of anilines is 1. The molecule has 3 rings (SSSR count). The maximum absolute atomic E-state index is 14.0. The third kappa shape index (κ3) is 7.63. The smallest absolute Gasteiger partial charge is 0.264 e. The first kappa shape index (κ1) is 30.7. The van der Waals surface area contributed by atoms with E-state index in [0.717, 1.165) is 33.0 Å². The Morgan fingerprint density at radius 3 is 2.17 bits per heavy atom. The average molecular weight is 566 g/mol. The Bertz CT molecular complexity index is 1420. The van der Waals surface area contributed by atoms with E-state index in [1.54, 1.807) is 62.6 Å². The van der Waals surface area contributed by atoms with Crippen LogP contribution in [-0.4, -0.2) is 51.4 Å². The Balaban J connectivity index is 2.06. The summed E-state index contributed by atoms with van der Waals surface area (Å²) in [4.78, 5) is 28.5. The predicted molar refractivity (Wildman–Crippen MR) is 158 cm³/mol. The number of amides is 2. The van der Waals surface area contributed by atoms with E-state index in [9.17, 15) is 18.0 Å². The minimum Gasteiger partial charge on any atom is -0.497 e. The van der Waals surface area contributed by atoms with E-state index in [1.807, 2.05) is 45.9 Å². The molecule has 1 atom stereocenters. The number of hydrogen-bond acceptors (Lipinski definition) is 5. The van der Waals surface area contributed by atoms with E-state index in [0.29, 0.717) is 18.0 Å². The molecule has 2 amide bonds. The van der Waals surface area contributed by atoms with Gasteiger partial charge < -0.3 is 15.0 Å². The summed E-state index contributed by atoms with van der Waals surface area (Å²) >= 11 is 0. The fourth-order valence-electron chi connectivity index (χ4n) is 4.41. The highest BCUT2D eigenvalue weighted by atomic mass is 32.2. The van der Waals surface area contributed by atoms with Gasteiger partial charge in [-0.05, 0) is 87.2 Å². The van der Waals surface area contributed by atoms with E-state index < -0.39 is 28.5 Å². The standard InChI is InChI=1S/C31H39N3O5S/c1-7-15-32-31(36)25(5)33(20-26-9-8-10-28(19-26)39-6)30(35)21-34(27-17-23(3)16-24(4)18-27)40(37,38)29-13-11-22(2)12-14-29/h8-14,16-19,25H,7,15,20-21H2,1-6H3,(H,32,36)/t25-/m0/s1. The van der Waals surface area contributed by atoms with Gasteiger partial charge in [0.25, 0.3) is 10.0 Å². The van der Waals surface area contributed by atoms with Crippen molar-refractivity contribution in [2.24, 2.45) is 0 Å². The van der Waals surface area contributed by atoms with Crippen molar-refractivity contribution >= 4 is 27.5 Å². The second-order valence-electron chi connectivity index (χ2n) is 10.0. The van der Waals surface area contributed by atoms with Gasteiger partial charge in [-0.1, -0.05) is 42.8 Å². The molecule has 214 valence electrons. The van der Waals surface area contributed by atoms with Gasteiger partial charge in [-0.3, -0.25) is 13.9 Å².